The Kier molecular flexibility index (Phi) is 4.56. The molecule has 6 rings (SSSR count). The molecule has 0 saturated heterocycles. The van der Waals surface area contributed by atoms with E-state index >= 15 is 0 Å². The number of carbonyl (C=O) groups excluding carboxylic acids is 1. The number of thiazole rings is 1. The SMILES string of the molecule is CNS(=O)(=O)c1cccc(C(=O)Nc2nc(C34CC5CC(CC(C5)C3)C4)cs2)c1. The number of benzene rings is 1. The first-order valence-corrected chi connectivity index (χ1v) is 12.5. The van der Waals surface area contributed by atoms with Gasteiger partial charge in [-0.05, 0) is 81.5 Å². The highest BCUT2D eigenvalue weighted by Crippen LogP contribution is 2.60. The second kappa shape index (κ2) is 6.89. The van der Waals surface area contributed by atoms with E-state index in [2.05, 4.69) is 15.4 Å². The molecule has 0 unspecified atom stereocenters. The molecule has 4 aliphatic carbocycles. The van der Waals surface area contributed by atoms with E-state index in [9.17, 15) is 13.2 Å². The van der Waals surface area contributed by atoms with Crippen molar-refractivity contribution in [2.45, 2.75) is 48.8 Å². The minimum atomic E-state index is -3.59. The topological polar surface area (TPSA) is 88.2 Å². The van der Waals surface area contributed by atoms with Gasteiger partial charge in [0.05, 0.1) is 10.6 Å². The van der Waals surface area contributed by atoms with Gasteiger partial charge in [-0.25, -0.2) is 18.1 Å². The maximum absolute atomic E-state index is 12.7. The quantitative estimate of drug-likeness (QED) is 0.754. The van der Waals surface area contributed by atoms with Crippen LogP contribution in [0.4, 0.5) is 5.13 Å². The summed E-state index contributed by atoms with van der Waals surface area (Å²) >= 11 is 1.46. The van der Waals surface area contributed by atoms with Gasteiger partial charge in [0.2, 0.25) is 10.0 Å². The highest BCUT2D eigenvalue weighted by Gasteiger charge is 2.52. The Bertz CT molecular complexity index is 1030. The van der Waals surface area contributed by atoms with E-state index in [1.807, 2.05) is 0 Å². The van der Waals surface area contributed by atoms with Crippen LogP contribution in [0.3, 0.4) is 0 Å². The Hall–Kier alpha value is -1.77. The summed E-state index contributed by atoms with van der Waals surface area (Å²) in [6, 6.07) is 6.03. The number of anilines is 1. The highest BCUT2D eigenvalue weighted by atomic mass is 32.2. The van der Waals surface area contributed by atoms with Crippen LogP contribution in [-0.4, -0.2) is 26.4 Å². The minimum Gasteiger partial charge on any atom is -0.298 e. The van der Waals surface area contributed by atoms with Crippen molar-refractivity contribution < 1.29 is 13.2 Å². The first kappa shape index (κ1) is 19.2. The molecule has 1 aromatic carbocycles. The van der Waals surface area contributed by atoms with E-state index in [0.29, 0.717) is 10.7 Å². The molecule has 4 saturated carbocycles. The number of rotatable bonds is 5. The van der Waals surface area contributed by atoms with Crippen LogP contribution < -0.4 is 10.0 Å². The predicted octanol–water partition coefficient (Wildman–Crippen LogP) is 3.77. The van der Waals surface area contributed by atoms with E-state index in [1.165, 1.54) is 69.0 Å². The van der Waals surface area contributed by atoms with Gasteiger partial charge in [0.1, 0.15) is 0 Å². The summed E-state index contributed by atoms with van der Waals surface area (Å²) in [5.41, 5.74) is 1.64. The van der Waals surface area contributed by atoms with Gasteiger partial charge in [-0.15, -0.1) is 11.3 Å². The van der Waals surface area contributed by atoms with E-state index in [1.54, 1.807) is 12.1 Å². The Balaban J connectivity index is 1.35. The number of hydrogen-bond donors (Lipinski definition) is 2. The summed E-state index contributed by atoms with van der Waals surface area (Å²) in [4.78, 5) is 17.6. The maximum atomic E-state index is 12.7. The first-order valence-electron chi connectivity index (χ1n) is 10.2. The molecule has 2 N–H and O–H groups in total. The lowest BCUT2D eigenvalue weighted by Crippen LogP contribution is -2.48. The smallest absolute Gasteiger partial charge is 0.257 e. The average molecular weight is 432 g/mol. The van der Waals surface area contributed by atoms with Gasteiger partial charge in [0.15, 0.2) is 5.13 Å². The highest BCUT2D eigenvalue weighted by molar-refractivity contribution is 7.89. The van der Waals surface area contributed by atoms with Gasteiger partial charge in [-0.2, -0.15) is 0 Å². The van der Waals surface area contributed by atoms with Gasteiger partial charge >= 0.3 is 0 Å². The van der Waals surface area contributed by atoms with Crippen LogP contribution in [0.1, 0.15) is 54.6 Å². The fraction of sp³-hybridized carbons (Fsp3) is 0.524. The summed E-state index contributed by atoms with van der Waals surface area (Å²) in [5, 5.41) is 5.56. The zero-order valence-corrected chi connectivity index (χ0v) is 18.0. The maximum Gasteiger partial charge on any atom is 0.257 e. The van der Waals surface area contributed by atoms with Gasteiger partial charge in [-0.1, -0.05) is 6.07 Å². The third kappa shape index (κ3) is 3.41. The second-order valence-electron chi connectivity index (χ2n) is 8.93. The molecular formula is C21H25N3O3S2. The molecule has 0 atom stereocenters. The molecule has 4 bridgehead atoms. The van der Waals surface area contributed by atoms with E-state index in [4.69, 9.17) is 4.98 Å². The molecule has 0 aliphatic heterocycles. The Labute approximate surface area is 175 Å². The lowest BCUT2D eigenvalue weighted by molar-refractivity contribution is -0.00688. The van der Waals surface area contributed by atoms with Crippen molar-refractivity contribution >= 4 is 32.4 Å². The predicted molar refractivity (Wildman–Crippen MR) is 113 cm³/mol. The molecule has 2 aromatic rings. The Morgan fingerprint density at radius 2 is 1.79 bits per heavy atom. The molecule has 1 amide bonds. The number of aromatic nitrogens is 1. The van der Waals surface area contributed by atoms with E-state index in [-0.39, 0.29) is 16.2 Å². The number of nitrogens with zero attached hydrogens (tertiary/aromatic N) is 1. The zero-order chi connectivity index (χ0) is 20.2. The molecule has 0 spiro atoms. The molecular weight excluding hydrogens is 406 g/mol. The molecule has 4 aliphatic rings. The third-order valence-corrected chi connectivity index (χ3v) is 9.15. The van der Waals surface area contributed by atoms with Crippen molar-refractivity contribution in [3.63, 3.8) is 0 Å². The van der Waals surface area contributed by atoms with Crippen LogP contribution in [0.5, 0.6) is 0 Å². The summed E-state index contributed by atoms with van der Waals surface area (Å²) in [7, 11) is -2.24. The van der Waals surface area contributed by atoms with Crippen LogP contribution in [0.25, 0.3) is 0 Å². The summed E-state index contributed by atoms with van der Waals surface area (Å²) in [6.07, 6.45) is 7.87. The third-order valence-electron chi connectivity index (χ3n) is 6.98. The van der Waals surface area contributed by atoms with Crippen LogP contribution in [0.15, 0.2) is 34.5 Å². The number of nitrogens with one attached hydrogen (secondary N) is 2. The van der Waals surface area contributed by atoms with Crippen LogP contribution >= 0.6 is 11.3 Å². The van der Waals surface area contributed by atoms with Crippen molar-refractivity contribution in [3.05, 3.63) is 40.9 Å². The van der Waals surface area contributed by atoms with Crippen molar-refractivity contribution in [3.8, 4) is 0 Å². The fourth-order valence-electron chi connectivity index (χ4n) is 6.09. The lowest BCUT2D eigenvalue weighted by atomic mass is 9.49. The minimum absolute atomic E-state index is 0.0704. The van der Waals surface area contributed by atoms with Gasteiger partial charge < -0.3 is 0 Å². The van der Waals surface area contributed by atoms with Crippen LogP contribution in [0.2, 0.25) is 0 Å². The van der Waals surface area contributed by atoms with Crippen LogP contribution in [0, 0.1) is 17.8 Å². The molecule has 1 aromatic heterocycles. The molecule has 154 valence electrons. The monoisotopic (exact) mass is 431 g/mol. The Morgan fingerprint density at radius 3 is 2.41 bits per heavy atom. The molecule has 6 nitrogen and oxygen atoms in total. The van der Waals surface area contributed by atoms with Gasteiger partial charge in [-0.3, -0.25) is 10.1 Å². The number of hydrogen-bond acceptors (Lipinski definition) is 5. The van der Waals surface area contributed by atoms with E-state index < -0.39 is 10.0 Å². The van der Waals surface area contributed by atoms with Gasteiger partial charge in [0, 0.05) is 16.4 Å². The van der Waals surface area contributed by atoms with Crippen molar-refractivity contribution in [2.24, 2.45) is 17.8 Å². The zero-order valence-electron chi connectivity index (χ0n) is 16.3. The Morgan fingerprint density at radius 1 is 1.14 bits per heavy atom. The molecule has 0 radical (unpaired) electrons. The average Bonchev–Trinajstić information content (AvgIpc) is 3.16. The van der Waals surface area contributed by atoms with Crippen LogP contribution in [-0.2, 0) is 15.4 Å². The number of amides is 1. The molecule has 8 heteroatoms. The lowest BCUT2D eigenvalue weighted by Gasteiger charge is -2.56. The molecule has 1 heterocycles. The number of carbonyl (C=O) groups is 1. The number of sulfonamides is 1. The van der Waals surface area contributed by atoms with E-state index in [0.717, 1.165) is 23.4 Å². The van der Waals surface area contributed by atoms with Gasteiger partial charge in [0.25, 0.3) is 5.91 Å². The summed E-state index contributed by atoms with van der Waals surface area (Å²) < 4.78 is 26.2. The standard InChI is InChI=1S/C21H25N3O3S2/c1-22-29(26,27)17-4-2-3-16(8-17)19(25)24-20-23-18(12-28-20)21-9-13-5-14(10-21)7-15(6-13)11-21/h2-4,8,12-15,22H,5-7,9-11H2,1H3,(H,23,24,25). The first-order chi connectivity index (χ1) is 13.9. The van der Waals surface area contributed by atoms with Crippen molar-refractivity contribution in [1.82, 2.24) is 9.71 Å². The largest absolute Gasteiger partial charge is 0.298 e. The van der Waals surface area contributed by atoms with Crippen molar-refractivity contribution in [1.29, 1.82) is 0 Å². The normalized spacial score (nSPS) is 30.4. The second-order valence-corrected chi connectivity index (χ2v) is 11.7. The van der Waals surface area contributed by atoms with Crippen molar-refractivity contribution in [2.75, 3.05) is 12.4 Å². The molecule has 29 heavy (non-hydrogen) atoms. The summed E-state index contributed by atoms with van der Waals surface area (Å²) in [5.74, 6) is 2.19. The molecule has 4 fully saturated rings. The fourth-order valence-corrected chi connectivity index (χ4v) is 7.69. The summed E-state index contributed by atoms with van der Waals surface area (Å²) in [6.45, 7) is 0.